The number of ketones is 1. The first-order valence-electron chi connectivity index (χ1n) is 15.8. The standard InChI is InChI=1S/C33H59O8PS2Si/c1-12-40-30(36)32(7,29(35)22-28(34)23-33(43-20-21-44-33)25-42(37,38-8)39-9)19-18-26(2)16-14-13-15-17-27(3)24-41-45(10,11)31(4,5)6/h14,16-18,28,34H,12-13,15,19-25H2,1-11H3/b16-14+,26-18+,27-17+. The Hall–Kier alpha value is -0.653. The zero-order valence-corrected chi connectivity index (χ0v) is 33.1. The maximum absolute atomic E-state index is 13.6. The predicted molar refractivity (Wildman–Crippen MR) is 193 cm³/mol. The average Bonchev–Trinajstić information content (AvgIpc) is 3.40. The highest BCUT2D eigenvalue weighted by molar-refractivity contribution is 8.21. The van der Waals surface area contributed by atoms with Crippen LogP contribution < -0.4 is 0 Å². The molecule has 0 bridgehead atoms. The fourth-order valence-electron chi connectivity index (χ4n) is 4.44. The number of hydrogen-bond donors (Lipinski definition) is 1. The van der Waals surface area contributed by atoms with Gasteiger partial charge in [-0.3, -0.25) is 14.2 Å². The Labute approximate surface area is 282 Å². The molecule has 1 heterocycles. The molecule has 0 aliphatic carbocycles. The normalized spacial score (nSPS) is 18.7. The summed E-state index contributed by atoms with van der Waals surface area (Å²) >= 11 is 3.20. The van der Waals surface area contributed by atoms with Gasteiger partial charge in [0, 0.05) is 32.1 Å². The van der Waals surface area contributed by atoms with Crippen LogP contribution in [-0.4, -0.2) is 80.5 Å². The van der Waals surface area contributed by atoms with E-state index in [9.17, 15) is 19.3 Å². The van der Waals surface area contributed by atoms with E-state index in [1.54, 1.807) is 37.4 Å². The van der Waals surface area contributed by atoms with Gasteiger partial charge >= 0.3 is 13.6 Å². The van der Waals surface area contributed by atoms with E-state index in [-0.39, 0.29) is 42.9 Å². The van der Waals surface area contributed by atoms with Gasteiger partial charge in [0.05, 0.1) is 29.6 Å². The number of rotatable bonds is 20. The lowest BCUT2D eigenvalue weighted by molar-refractivity contribution is -0.159. The van der Waals surface area contributed by atoms with Crippen LogP contribution in [0.2, 0.25) is 18.1 Å². The number of esters is 1. The third kappa shape index (κ3) is 13.8. The molecule has 0 aromatic heterocycles. The van der Waals surface area contributed by atoms with Gasteiger partial charge in [0.2, 0.25) is 0 Å². The monoisotopic (exact) mass is 706 g/mol. The summed E-state index contributed by atoms with van der Waals surface area (Å²) in [5, 5.41) is 11.2. The van der Waals surface area contributed by atoms with Gasteiger partial charge in [0.25, 0.3) is 0 Å². The first-order chi connectivity index (χ1) is 20.8. The zero-order valence-electron chi connectivity index (χ0n) is 29.5. The summed E-state index contributed by atoms with van der Waals surface area (Å²) in [5.74, 6) is 0.682. The number of hydrogen-bond acceptors (Lipinski definition) is 10. The number of unbranched alkanes of at least 4 members (excludes halogenated alkanes) is 1. The summed E-state index contributed by atoms with van der Waals surface area (Å²) in [6, 6.07) is 0. The van der Waals surface area contributed by atoms with Crippen molar-refractivity contribution in [3.8, 4) is 0 Å². The summed E-state index contributed by atoms with van der Waals surface area (Å²) in [7, 11) is -2.40. The molecular weight excluding hydrogens is 648 g/mol. The number of Topliss-reactive ketones (excluding diaryl/α,β-unsaturated/α-hetero) is 1. The largest absolute Gasteiger partial charge is 0.465 e. The summed E-state index contributed by atoms with van der Waals surface area (Å²) < 4.78 is 34.2. The van der Waals surface area contributed by atoms with E-state index < -0.39 is 37.5 Å². The minimum Gasteiger partial charge on any atom is -0.465 e. The van der Waals surface area contributed by atoms with Crippen molar-refractivity contribution in [2.45, 2.75) is 109 Å². The van der Waals surface area contributed by atoms with Crippen LogP contribution in [0.15, 0.2) is 35.5 Å². The second kappa shape index (κ2) is 18.8. The van der Waals surface area contributed by atoms with Crippen molar-refractivity contribution in [3.63, 3.8) is 0 Å². The minimum atomic E-state index is -3.33. The van der Waals surface area contributed by atoms with Crippen LogP contribution >= 0.6 is 31.1 Å². The number of carbonyl (C=O) groups is 2. The van der Waals surface area contributed by atoms with Crippen molar-refractivity contribution >= 4 is 51.2 Å². The van der Waals surface area contributed by atoms with E-state index in [1.807, 2.05) is 19.1 Å². The quantitative estimate of drug-likeness (QED) is 0.0252. The highest BCUT2D eigenvalue weighted by atomic mass is 32.2. The average molecular weight is 707 g/mol. The maximum atomic E-state index is 13.6. The van der Waals surface area contributed by atoms with E-state index in [0.717, 1.165) is 29.9 Å². The minimum absolute atomic E-state index is 0.122. The second-order valence-electron chi connectivity index (χ2n) is 13.5. The van der Waals surface area contributed by atoms with Gasteiger partial charge in [-0.25, -0.2) is 0 Å². The van der Waals surface area contributed by atoms with Crippen molar-refractivity contribution in [2.75, 3.05) is 45.1 Å². The third-order valence-corrected chi connectivity index (χ3v) is 19.0. The Kier molecular flexibility index (Phi) is 17.7. The lowest BCUT2D eigenvalue weighted by Gasteiger charge is -2.36. The molecule has 1 aliphatic heterocycles. The number of aliphatic hydroxyl groups excluding tert-OH is 1. The van der Waals surface area contributed by atoms with Crippen molar-refractivity contribution in [2.24, 2.45) is 5.41 Å². The molecule has 2 atom stereocenters. The Morgan fingerprint density at radius 2 is 1.64 bits per heavy atom. The fourth-order valence-corrected chi connectivity index (χ4v) is 11.1. The van der Waals surface area contributed by atoms with Crippen molar-refractivity contribution in [3.05, 3.63) is 35.5 Å². The first-order valence-corrected chi connectivity index (χ1v) is 22.4. The first kappa shape index (κ1) is 42.4. The molecule has 1 rings (SSSR count). The van der Waals surface area contributed by atoms with E-state index in [2.05, 4.69) is 52.9 Å². The lowest BCUT2D eigenvalue weighted by Crippen LogP contribution is -2.41. The zero-order chi connectivity index (χ0) is 34.5. The molecular formula is C33H59O8PS2Si. The fraction of sp³-hybridized carbons (Fsp3) is 0.758. The van der Waals surface area contributed by atoms with Crippen molar-refractivity contribution in [1.29, 1.82) is 0 Å². The summed E-state index contributed by atoms with van der Waals surface area (Å²) in [5.41, 5.74) is 0.732. The molecule has 1 N–H and O–H groups in total. The van der Waals surface area contributed by atoms with Gasteiger partial charge in [-0.05, 0) is 71.5 Å². The van der Waals surface area contributed by atoms with E-state index in [0.29, 0.717) is 6.61 Å². The molecule has 0 radical (unpaired) electrons. The van der Waals surface area contributed by atoms with Gasteiger partial charge in [-0.1, -0.05) is 56.2 Å². The smallest absolute Gasteiger partial charge is 0.332 e. The highest BCUT2D eigenvalue weighted by Crippen LogP contribution is 2.59. The molecule has 2 unspecified atom stereocenters. The molecule has 0 amide bonds. The summed E-state index contributed by atoms with van der Waals surface area (Å²) in [4.78, 5) is 26.6. The maximum Gasteiger partial charge on any atom is 0.332 e. The van der Waals surface area contributed by atoms with E-state index in [1.165, 1.54) is 19.8 Å². The number of allylic oxidation sites excluding steroid dienone is 5. The molecule has 0 aromatic rings. The number of carbonyl (C=O) groups excluding carboxylic acids is 2. The molecule has 45 heavy (non-hydrogen) atoms. The Morgan fingerprint density at radius 1 is 1.04 bits per heavy atom. The van der Waals surface area contributed by atoms with Crippen LogP contribution in [0.4, 0.5) is 0 Å². The van der Waals surface area contributed by atoms with Crippen LogP contribution in [0, 0.1) is 5.41 Å². The Balaban J connectivity index is 2.86. The number of thioether (sulfide) groups is 2. The topological polar surface area (TPSA) is 108 Å². The van der Waals surface area contributed by atoms with E-state index >= 15 is 0 Å². The molecule has 1 saturated heterocycles. The van der Waals surface area contributed by atoms with Crippen LogP contribution in [0.5, 0.6) is 0 Å². The molecule has 12 heteroatoms. The lowest BCUT2D eigenvalue weighted by atomic mass is 9.79. The van der Waals surface area contributed by atoms with Crippen molar-refractivity contribution in [1.82, 2.24) is 0 Å². The highest BCUT2D eigenvalue weighted by Gasteiger charge is 2.47. The molecule has 0 aromatic carbocycles. The number of ether oxygens (including phenoxy) is 1. The van der Waals surface area contributed by atoms with Crippen LogP contribution in [-0.2, 0) is 32.4 Å². The molecule has 260 valence electrons. The molecule has 0 spiro atoms. The Bertz CT molecular complexity index is 1100. The number of aliphatic hydroxyl groups is 1. The molecule has 1 aliphatic rings. The van der Waals surface area contributed by atoms with Gasteiger partial charge in [-0.2, -0.15) is 0 Å². The van der Waals surface area contributed by atoms with Crippen LogP contribution in [0.25, 0.3) is 0 Å². The second-order valence-corrected chi connectivity index (χ2v) is 23.8. The van der Waals surface area contributed by atoms with Gasteiger partial charge in [0.15, 0.2) is 14.1 Å². The summed E-state index contributed by atoms with van der Waals surface area (Å²) in [6.07, 6.45) is 9.21. The van der Waals surface area contributed by atoms with E-state index in [4.69, 9.17) is 18.2 Å². The molecule has 1 fully saturated rings. The van der Waals surface area contributed by atoms with Gasteiger partial charge in [0.1, 0.15) is 5.41 Å². The van der Waals surface area contributed by atoms with Crippen molar-refractivity contribution < 1.29 is 37.5 Å². The Morgan fingerprint density at radius 3 is 2.18 bits per heavy atom. The molecule has 8 nitrogen and oxygen atoms in total. The van der Waals surface area contributed by atoms with Gasteiger partial charge in [-0.15, -0.1) is 23.5 Å². The molecule has 0 saturated carbocycles. The third-order valence-electron chi connectivity index (χ3n) is 8.62. The van der Waals surface area contributed by atoms with Crippen LogP contribution in [0.3, 0.4) is 0 Å². The predicted octanol–water partition coefficient (Wildman–Crippen LogP) is 8.57. The summed E-state index contributed by atoms with van der Waals surface area (Å²) in [6.45, 7) is 19.4. The van der Waals surface area contributed by atoms with Gasteiger partial charge < -0.3 is 23.3 Å². The van der Waals surface area contributed by atoms with Crippen LogP contribution in [0.1, 0.15) is 80.6 Å². The SMILES string of the molecule is CCOC(=O)C(C)(C/C=C(C)/C=C/CC/C=C(\C)CO[Si](C)(C)C(C)(C)C)C(=O)CC(O)CC1(CP(=O)(OC)OC)SCCS1.